The van der Waals surface area contributed by atoms with Crippen molar-refractivity contribution in [3.05, 3.63) is 22.4 Å². The highest BCUT2D eigenvalue weighted by molar-refractivity contribution is 9.10. The minimum Gasteiger partial charge on any atom is -0.495 e. The van der Waals surface area contributed by atoms with Crippen molar-refractivity contribution in [1.29, 1.82) is 0 Å². The first kappa shape index (κ1) is 10.5. The maximum Gasteiger partial charge on any atom is 0.138 e. The fourth-order valence-corrected chi connectivity index (χ4v) is 1.74. The molecule has 1 aromatic heterocycles. The predicted octanol–water partition coefficient (Wildman–Crippen LogP) is 1.91. The van der Waals surface area contributed by atoms with E-state index in [9.17, 15) is 0 Å². The van der Waals surface area contributed by atoms with Gasteiger partial charge in [-0.1, -0.05) is 6.92 Å². The Morgan fingerprint density at radius 3 is 2.85 bits per heavy atom. The minimum atomic E-state index is 0.264. The van der Waals surface area contributed by atoms with E-state index in [4.69, 9.17) is 10.5 Å². The van der Waals surface area contributed by atoms with Gasteiger partial charge < -0.3 is 10.5 Å². The van der Waals surface area contributed by atoms with Crippen molar-refractivity contribution in [2.45, 2.75) is 12.8 Å². The Bertz CT molecular complexity index is 291. The molecule has 1 rings (SSSR count). The summed E-state index contributed by atoms with van der Waals surface area (Å²) < 4.78 is 5.99. The zero-order valence-corrected chi connectivity index (χ0v) is 9.34. The lowest BCUT2D eigenvalue weighted by molar-refractivity contribution is 0.412. The Balaban J connectivity index is 2.98. The second kappa shape index (κ2) is 4.58. The average molecular weight is 245 g/mol. The zero-order chi connectivity index (χ0) is 9.84. The summed E-state index contributed by atoms with van der Waals surface area (Å²) in [6, 6.07) is 1.90. The molecule has 0 aliphatic heterocycles. The van der Waals surface area contributed by atoms with E-state index in [0.717, 1.165) is 15.9 Å². The van der Waals surface area contributed by atoms with E-state index in [1.54, 1.807) is 13.3 Å². The first-order chi connectivity index (χ1) is 6.19. The summed E-state index contributed by atoms with van der Waals surface area (Å²) >= 11 is 3.43. The number of nitrogens with two attached hydrogens (primary N) is 1. The molecule has 1 atom stereocenters. The lowest BCUT2D eigenvalue weighted by Gasteiger charge is -2.10. The van der Waals surface area contributed by atoms with E-state index >= 15 is 0 Å². The van der Waals surface area contributed by atoms with E-state index in [0.29, 0.717) is 6.54 Å². The molecule has 72 valence electrons. The van der Waals surface area contributed by atoms with Crippen LogP contribution in [0.5, 0.6) is 5.75 Å². The lowest BCUT2D eigenvalue weighted by atomic mass is 10.1. The van der Waals surface area contributed by atoms with Crippen LogP contribution in [0.4, 0.5) is 0 Å². The summed E-state index contributed by atoms with van der Waals surface area (Å²) in [5, 5.41) is 0. The van der Waals surface area contributed by atoms with Gasteiger partial charge in [0, 0.05) is 16.9 Å². The van der Waals surface area contributed by atoms with Crippen LogP contribution in [-0.4, -0.2) is 18.6 Å². The maximum atomic E-state index is 5.55. The highest BCUT2D eigenvalue weighted by Crippen LogP contribution is 2.25. The lowest BCUT2D eigenvalue weighted by Crippen LogP contribution is -2.11. The number of aromatic nitrogens is 1. The van der Waals surface area contributed by atoms with Gasteiger partial charge in [0.1, 0.15) is 5.75 Å². The van der Waals surface area contributed by atoms with E-state index in [2.05, 4.69) is 20.9 Å². The summed E-state index contributed by atoms with van der Waals surface area (Å²) in [6.07, 6.45) is 1.70. The number of hydrogen-bond acceptors (Lipinski definition) is 3. The quantitative estimate of drug-likeness (QED) is 0.884. The summed E-state index contributed by atoms with van der Waals surface area (Å²) in [4.78, 5) is 4.27. The molecular formula is C9H13BrN2O. The summed E-state index contributed by atoms with van der Waals surface area (Å²) in [5.41, 5.74) is 6.53. The Morgan fingerprint density at radius 1 is 1.69 bits per heavy atom. The Labute approximate surface area is 86.4 Å². The van der Waals surface area contributed by atoms with Crippen molar-refractivity contribution in [2.24, 2.45) is 5.73 Å². The van der Waals surface area contributed by atoms with Gasteiger partial charge in [0.25, 0.3) is 0 Å². The van der Waals surface area contributed by atoms with Gasteiger partial charge in [-0.05, 0) is 22.0 Å². The zero-order valence-electron chi connectivity index (χ0n) is 7.75. The molecule has 0 aliphatic rings. The molecule has 2 N–H and O–H groups in total. The Kier molecular flexibility index (Phi) is 3.69. The molecule has 0 spiro atoms. The molecule has 1 heterocycles. The second-order valence-corrected chi connectivity index (χ2v) is 3.73. The van der Waals surface area contributed by atoms with E-state index in [1.807, 2.05) is 13.0 Å². The van der Waals surface area contributed by atoms with Crippen molar-refractivity contribution in [3.63, 3.8) is 0 Å². The van der Waals surface area contributed by atoms with Crippen molar-refractivity contribution in [3.8, 4) is 5.75 Å². The molecule has 1 unspecified atom stereocenters. The van der Waals surface area contributed by atoms with Gasteiger partial charge in [-0.15, -0.1) is 0 Å². The van der Waals surface area contributed by atoms with Crippen LogP contribution in [0.3, 0.4) is 0 Å². The maximum absolute atomic E-state index is 5.55. The number of pyridine rings is 1. The smallest absolute Gasteiger partial charge is 0.138 e. The number of ether oxygens (including phenoxy) is 1. The molecule has 0 amide bonds. The fourth-order valence-electron chi connectivity index (χ4n) is 1.02. The normalized spacial score (nSPS) is 12.6. The first-order valence-corrected chi connectivity index (χ1v) is 4.87. The fraction of sp³-hybridized carbons (Fsp3) is 0.444. The summed E-state index contributed by atoms with van der Waals surface area (Å²) in [6.45, 7) is 2.64. The summed E-state index contributed by atoms with van der Waals surface area (Å²) in [5.74, 6) is 1.01. The highest BCUT2D eigenvalue weighted by atomic mass is 79.9. The molecule has 4 heteroatoms. The molecule has 0 saturated heterocycles. The molecule has 0 aromatic carbocycles. The number of methoxy groups -OCH3 is 1. The van der Waals surface area contributed by atoms with Gasteiger partial charge in [-0.2, -0.15) is 0 Å². The standard InChI is InChI=1S/C9H13BrN2O/c1-6(4-11)9-8(10)3-7(13-2)5-12-9/h3,5-6H,4,11H2,1-2H3. The van der Waals surface area contributed by atoms with Crippen LogP contribution < -0.4 is 10.5 Å². The van der Waals surface area contributed by atoms with Gasteiger partial charge in [0.15, 0.2) is 0 Å². The topological polar surface area (TPSA) is 48.1 Å². The first-order valence-electron chi connectivity index (χ1n) is 4.08. The van der Waals surface area contributed by atoms with Crippen LogP contribution in [-0.2, 0) is 0 Å². The number of halogens is 1. The summed E-state index contributed by atoms with van der Waals surface area (Å²) in [7, 11) is 1.62. The van der Waals surface area contributed by atoms with Crippen molar-refractivity contribution >= 4 is 15.9 Å². The Hall–Kier alpha value is -0.610. The molecule has 0 aliphatic carbocycles. The molecule has 0 fully saturated rings. The molecular weight excluding hydrogens is 232 g/mol. The van der Waals surface area contributed by atoms with Crippen LogP contribution in [0.25, 0.3) is 0 Å². The van der Waals surface area contributed by atoms with Crippen molar-refractivity contribution in [1.82, 2.24) is 4.98 Å². The SMILES string of the molecule is COc1cnc(C(C)CN)c(Br)c1. The van der Waals surface area contributed by atoms with E-state index < -0.39 is 0 Å². The minimum absolute atomic E-state index is 0.264. The number of hydrogen-bond donors (Lipinski definition) is 1. The van der Waals surface area contributed by atoms with Crippen molar-refractivity contribution in [2.75, 3.05) is 13.7 Å². The average Bonchev–Trinajstić information content (AvgIpc) is 2.16. The third kappa shape index (κ3) is 2.42. The van der Waals surface area contributed by atoms with Gasteiger partial charge in [0.2, 0.25) is 0 Å². The van der Waals surface area contributed by atoms with Crippen LogP contribution in [0.2, 0.25) is 0 Å². The monoisotopic (exact) mass is 244 g/mol. The van der Waals surface area contributed by atoms with Crippen LogP contribution >= 0.6 is 15.9 Å². The van der Waals surface area contributed by atoms with Crippen LogP contribution in [0.1, 0.15) is 18.5 Å². The molecule has 0 saturated carbocycles. The number of rotatable bonds is 3. The van der Waals surface area contributed by atoms with Crippen LogP contribution in [0, 0.1) is 0 Å². The van der Waals surface area contributed by atoms with Gasteiger partial charge in [0.05, 0.1) is 19.0 Å². The molecule has 13 heavy (non-hydrogen) atoms. The number of nitrogens with zero attached hydrogens (tertiary/aromatic N) is 1. The molecule has 0 radical (unpaired) electrons. The highest BCUT2D eigenvalue weighted by Gasteiger charge is 2.09. The molecule has 3 nitrogen and oxygen atoms in total. The largest absolute Gasteiger partial charge is 0.495 e. The van der Waals surface area contributed by atoms with Gasteiger partial charge in [-0.3, -0.25) is 4.98 Å². The van der Waals surface area contributed by atoms with Crippen molar-refractivity contribution < 1.29 is 4.74 Å². The van der Waals surface area contributed by atoms with Gasteiger partial charge in [-0.25, -0.2) is 0 Å². The van der Waals surface area contributed by atoms with Crippen LogP contribution in [0.15, 0.2) is 16.7 Å². The molecule has 1 aromatic rings. The third-order valence-corrected chi connectivity index (χ3v) is 2.54. The third-order valence-electron chi connectivity index (χ3n) is 1.90. The molecule has 0 bridgehead atoms. The van der Waals surface area contributed by atoms with E-state index in [1.165, 1.54) is 0 Å². The van der Waals surface area contributed by atoms with E-state index in [-0.39, 0.29) is 5.92 Å². The van der Waals surface area contributed by atoms with Gasteiger partial charge >= 0.3 is 0 Å². The predicted molar refractivity (Wildman–Crippen MR) is 56.0 cm³/mol. The second-order valence-electron chi connectivity index (χ2n) is 2.88. The Morgan fingerprint density at radius 2 is 2.38 bits per heavy atom.